The van der Waals surface area contributed by atoms with Gasteiger partial charge in [-0.2, -0.15) is 5.10 Å². The molecule has 0 aliphatic heterocycles. The highest BCUT2D eigenvalue weighted by Crippen LogP contribution is 2.25. The van der Waals surface area contributed by atoms with Gasteiger partial charge in [0.25, 0.3) is 0 Å². The molecule has 2 aromatic heterocycles. The second kappa shape index (κ2) is 6.64. The molecule has 0 spiro atoms. The Labute approximate surface area is 144 Å². The van der Waals surface area contributed by atoms with E-state index in [9.17, 15) is 0 Å². The number of hydrogen-bond donors (Lipinski definition) is 0. The summed E-state index contributed by atoms with van der Waals surface area (Å²) in [4.78, 5) is 6.44. The molecule has 0 aliphatic rings. The number of benzene rings is 1. The summed E-state index contributed by atoms with van der Waals surface area (Å²) in [5.74, 6) is 0. The molecule has 0 saturated heterocycles. The lowest BCUT2D eigenvalue weighted by Crippen LogP contribution is -2.11. The second-order valence-corrected chi connectivity index (χ2v) is 7.26. The fourth-order valence-corrected chi connectivity index (χ4v) is 4.26. The van der Waals surface area contributed by atoms with Gasteiger partial charge in [0.15, 0.2) is 0 Å². The minimum atomic E-state index is 0.895. The standard InChI is InChI=1S/C18H19N3S2/c1-12-8-13(2)15(14(3)9-12)10-20-21-16(11-23-18(21)19-4)17-6-5-7-22-17/h5-11H,1-4H3. The van der Waals surface area contributed by atoms with Crippen LogP contribution in [0.3, 0.4) is 0 Å². The van der Waals surface area contributed by atoms with Crippen LogP contribution in [-0.2, 0) is 0 Å². The number of aromatic nitrogens is 1. The Hall–Kier alpha value is -1.98. The van der Waals surface area contributed by atoms with E-state index in [4.69, 9.17) is 5.10 Å². The zero-order valence-corrected chi connectivity index (χ0v) is 15.3. The minimum absolute atomic E-state index is 0.895. The van der Waals surface area contributed by atoms with Crippen molar-refractivity contribution in [3.63, 3.8) is 0 Å². The third-order valence-corrected chi connectivity index (χ3v) is 5.49. The van der Waals surface area contributed by atoms with Gasteiger partial charge < -0.3 is 0 Å². The summed E-state index contributed by atoms with van der Waals surface area (Å²) in [5, 5.41) is 8.92. The number of thiophene rings is 1. The van der Waals surface area contributed by atoms with E-state index in [0.29, 0.717) is 0 Å². The van der Waals surface area contributed by atoms with Gasteiger partial charge in [0.1, 0.15) is 0 Å². The molecule has 5 heteroatoms. The molecule has 118 valence electrons. The Morgan fingerprint density at radius 2 is 1.83 bits per heavy atom. The van der Waals surface area contributed by atoms with E-state index in [0.717, 1.165) is 10.5 Å². The largest absolute Gasteiger partial charge is 0.261 e. The first kappa shape index (κ1) is 15.9. The molecule has 0 bridgehead atoms. The fraction of sp³-hybridized carbons (Fsp3) is 0.222. The molecule has 3 nitrogen and oxygen atoms in total. The smallest absolute Gasteiger partial charge is 0.205 e. The van der Waals surface area contributed by atoms with E-state index in [1.54, 1.807) is 29.7 Å². The highest BCUT2D eigenvalue weighted by Gasteiger charge is 2.08. The van der Waals surface area contributed by atoms with Crippen molar-refractivity contribution < 1.29 is 0 Å². The number of hydrogen-bond acceptors (Lipinski definition) is 4. The first-order chi connectivity index (χ1) is 11.1. The van der Waals surface area contributed by atoms with Crippen molar-refractivity contribution in [2.75, 3.05) is 7.05 Å². The van der Waals surface area contributed by atoms with Gasteiger partial charge in [-0.05, 0) is 43.3 Å². The van der Waals surface area contributed by atoms with Crippen LogP contribution in [-0.4, -0.2) is 17.9 Å². The Bertz CT molecular complexity index is 889. The van der Waals surface area contributed by atoms with Crippen molar-refractivity contribution in [3.8, 4) is 10.6 Å². The van der Waals surface area contributed by atoms with Crippen LogP contribution in [0, 0.1) is 20.8 Å². The van der Waals surface area contributed by atoms with Gasteiger partial charge in [-0.1, -0.05) is 23.8 Å². The molecule has 0 radical (unpaired) electrons. The zero-order valence-electron chi connectivity index (χ0n) is 13.7. The van der Waals surface area contributed by atoms with Crippen LogP contribution in [0.1, 0.15) is 22.3 Å². The zero-order chi connectivity index (χ0) is 16.4. The molecule has 0 amide bonds. The summed E-state index contributed by atoms with van der Waals surface area (Å²) in [6.07, 6.45) is 1.95. The Kier molecular flexibility index (Phi) is 4.59. The van der Waals surface area contributed by atoms with Crippen LogP contribution in [0.15, 0.2) is 45.1 Å². The maximum absolute atomic E-state index is 4.73. The summed E-state index contributed by atoms with van der Waals surface area (Å²) in [6.45, 7) is 6.38. The molecule has 0 fully saturated rings. The summed E-state index contributed by atoms with van der Waals surface area (Å²) in [7, 11) is 1.80. The van der Waals surface area contributed by atoms with Crippen LogP contribution in [0.4, 0.5) is 0 Å². The van der Waals surface area contributed by atoms with Crippen molar-refractivity contribution in [1.29, 1.82) is 0 Å². The predicted molar refractivity (Wildman–Crippen MR) is 101 cm³/mol. The monoisotopic (exact) mass is 341 g/mol. The summed E-state index contributed by atoms with van der Waals surface area (Å²) >= 11 is 3.32. The van der Waals surface area contributed by atoms with Crippen LogP contribution < -0.4 is 4.80 Å². The van der Waals surface area contributed by atoms with Gasteiger partial charge in [0, 0.05) is 18.0 Å². The van der Waals surface area contributed by atoms with E-state index in [1.807, 2.05) is 10.9 Å². The number of rotatable bonds is 3. The molecule has 0 unspecified atom stereocenters. The molecular formula is C18H19N3S2. The second-order valence-electron chi connectivity index (χ2n) is 5.47. The summed E-state index contributed by atoms with van der Waals surface area (Å²) in [6, 6.07) is 8.55. The first-order valence-corrected chi connectivity index (χ1v) is 9.15. The predicted octanol–water partition coefficient (Wildman–Crippen LogP) is 4.62. The first-order valence-electron chi connectivity index (χ1n) is 7.39. The van der Waals surface area contributed by atoms with Crippen LogP contribution >= 0.6 is 22.7 Å². The third-order valence-electron chi connectivity index (χ3n) is 3.69. The van der Waals surface area contributed by atoms with E-state index in [-0.39, 0.29) is 0 Å². The third kappa shape index (κ3) is 3.21. The van der Waals surface area contributed by atoms with E-state index >= 15 is 0 Å². The van der Waals surface area contributed by atoms with Crippen molar-refractivity contribution in [2.45, 2.75) is 20.8 Å². The molecule has 0 atom stereocenters. The van der Waals surface area contributed by atoms with Gasteiger partial charge in [0.2, 0.25) is 4.80 Å². The minimum Gasteiger partial charge on any atom is -0.261 e. The average molecular weight is 342 g/mol. The summed E-state index contributed by atoms with van der Waals surface area (Å²) in [5.41, 5.74) is 6.03. The van der Waals surface area contributed by atoms with Crippen LogP contribution in [0.2, 0.25) is 0 Å². The number of nitrogens with zero attached hydrogens (tertiary/aromatic N) is 3. The lowest BCUT2D eigenvalue weighted by atomic mass is 10.0. The molecule has 3 rings (SSSR count). The SMILES string of the molecule is CN=c1scc(-c2cccs2)n1N=Cc1c(C)cc(C)cc1C. The quantitative estimate of drug-likeness (QED) is 0.623. The lowest BCUT2D eigenvalue weighted by molar-refractivity contribution is 0.850. The van der Waals surface area contributed by atoms with Gasteiger partial charge in [-0.25, -0.2) is 4.68 Å². The Balaban J connectivity index is 2.09. The van der Waals surface area contributed by atoms with Gasteiger partial charge in [-0.3, -0.25) is 4.99 Å². The lowest BCUT2D eigenvalue weighted by Gasteiger charge is -2.07. The Morgan fingerprint density at radius 3 is 2.43 bits per heavy atom. The topological polar surface area (TPSA) is 29.6 Å². The molecule has 23 heavy (non-hydrogen) atoms. The highest BCUT2D eigenvalue weighted by atomic mass is 32.1. The van der Waals surface area contributed by atoms with Crippen molar-refractivity contribution >= 4 is 28.9 Å². The molecule has 0 aliphatic carbocycles. The molecule has 2 heterocycles. The van der Waals surface area contributed by atoms with Gasteiger partial charge >= 0.3 is 0 Å². The van der Waals surface area contributed by atoms with Crippen LogP contribution in [0.25, 0.3) is 10.6 Å². The van der Waals surface area contributed by atoms with E-state index in [1.165, 1.54) is 27.1 Å². The summed E-state index contributed by atoms with van der Waals surface area (Å²) < 4.78 is 1.93. The average Bonchev–Trinajstić information content (AvgIpc) is 3.14. The fourth-order valence-electron chi connectivity index (χ4n) is 2.67. The van der Waals surface area contributed by atoms with Crippen molar-refractivity contribution in [1.82, 2.24) is 4.68 Å². The normalized spacial score (nSPS) is 12.4. The van der Waals surface area contributed by atoms with E-state index in [2.05, 4.69) is 60.8 Å². The highest BCUT2D eigenvalue weighted by molar-refractivity contribution is 7.14. The number of aryl methyl sites for hydroxylation is 3. The van der Waals surface area contributed by atoms with Crippen molar-refractivity contribution in [3.05, 3.63) is 62.1 Å². The molecule has 0 N–H and O–H groups in total. The maximum Gasteiger partial charge on any atom is 0.205 e. The maximum atomic E-state index is 4.73. The molecule has 3 aromatic rings. The molecule has 1 aromatic carbocycles. The molecular weight excluding hydrogens is 322 g/mol. The van der Waals surface area contributed by atoms with Gasteiger partial charge in [0.05, 0.1) is 16.8 Å². The molecule has 0 saturated carbocycles. The number of thiazole rings is 1. The van der Waals surface area contributed by atoms with E-state index < -0.39 is 0 Å². The van der Waals surface area contributed by atoms with Crippen LogP contribution in [0.5, 0.6) is 0 Å². The van der Waals surface area contributed by atoms with Crippen molar-refractivity contribution in [2.24, 2.45) is 10.1 Å². The van der Waals surface area contributed by atoms with Gasteiger partial charge in [-0.15, -0.1) is 22.7 Å². The Morgan fingerprint density at radius 1 is 1.09 bits per heavy atom.